The number of piperidine rings is 1. The lowest BCUT2D eigenvalue weighted by molar-refractivity contribution is 0.0383. The van der Waals surface area contributed by atoms with Crippen molar-refractivity contribution in [2.75, 3.05) is 13.1 Å². The van der Waals surface area contributed by atoms with E-state index in [1.807, 2.05) is 0 Å². The predicted octanol–water partition coefficient (Wildman–Crippen LogP) is 4.08. The third-order valence-electron chi connectivity index (χ3n) is 5.33. The lowest BCUT2D eigenvalue weighted by Gasteiger charge is -2.46. The molecular formula is C19H32N2. The van der Waals surface area contributed by atoms with Gasteiger partial charge in [-0.2, -0.15) is 0 Å². The molecule has 0 aromatic heterocycles. The van der Waals surface area contributed by atoms with Crippen molar-refractivity contribution in [2.24, 2.45) is 23.0 Å². The first-order chi connectivity index (χ1) is 9.81. The fraction of sp³-hybridized carbons (Fsp3) is 0.684. The van der Waals surface area contributed by atoms with Gasteiger partial charge in [0.2, 0.25) is 0 Å². The van der Waals surface area contributed by atoms with E-state index in [4.69, 9.17) is 5.73 Å². The highest BCUT2D eigenvalue weighted by molar-refractivity contribution is 5.20. The summed E-state index contributed by atoms with van der Waals surface area (Å²) in [6.07, 6.45) is 1.35. The first-order valence-corrected chi connectivity index (χ1v) is 8.36. The Morgan fingerprint density at radius 2 is 1.81 bits per heavy atom. The number of rotatable bonds is 4. The zero-order valence-electron chi connectivity index (χ0n) is 14.3. The quantitative estimate of drug-likeness (QED) is 0.904. The number of nitrogens with two attached hydrogens (primary N) is 1. The van der Waals surface area contributed by atoms with E-state index in [1.165, 1.54) is 18.5 Å². The van der Waals surface area contributed by atoms with Crippen molar-refractivity contribution in [1.82, 2.24) is 4.90 Å². The average Bonchev–Trinajstić information content (AvgIpc) is 2.44. The van der Waals surface area contributed by atoms with Crippen molar-refractivity contribution < 1.29 is 0 Å². The molecule has 2 rings (SSSR count). The van der Waals surface area contributed by atoms with Crippen LogP contribution in [0.3, 0.4) is 0 Å². The Labute approximate surface area is 130 Å². The Morgan fingerprint density at radius 3 is 2.43 bits per heavy atom. The predicted molar refractivity (Wildman–Crippen MR) is 91.1 cm³/mol. The summed E-state index contributed by atoms with van der Waals surface area (Å²) in [5.74, 6) is 1.57. The van der Waals surface area contributed by atoms with Crippen LogP contribution in [-0.4, -0.2) is 24.0 Å². The third kappa shape index (κ3) is 3.87. The van der Waals surface area contributed by atoms with Crippen molar-refractivity contribution in [1.29, 1.82) is 0 Å². The second-order valence-corrected chi connectivity index (χ2v) is 7.87. The van der Waals surface area contributed by atoms with Crippen LogP contribution in [0.15, 0.2) is 30.3 Å². The Hall–Kier alpha value is -0.860. The van der Waals surface area contributed by atoms with Gasteiger partial charge in [0.25, 0.3) is 0 Å². The Balaban J connectivity index is 2.09. The molecule has 1 fully saturated rings. The highest BCUT2D eigenvalue weighted by Gasteiger charge is 2.35. The monoisotopic (exact) mass is 288 g/mol. The summed E-state index contributed by atoms with van der Waals surface area (Å²) in [5.41, 5.74) is 7.90. The molecule has 1 aliphatic rings. The molecule has 1 saturated heterocycles. The molecule has 1 aromatic carbocycles. The first kappa shape index (κ1) is 16.5. The van der Waals surface area contributed by atoms with Crippen LogP contribution in [0.5, 0.6) is 0 Å². The molecule has 2 nitrogen and oxygen atoms in total. The molecule has 2 heteroatoms. The summed E-state index contributed by atoms with van der Waals surface area (Å²) in [6, 6.07) is 11.3. The molecule has 4 unspecified atom stereocenters. The lowest BCUT2D eigenvalue weighted by Crippen LogP contribution is -2.51. The van der Waals surface area contributed by atoms with E-state index in [1.54, 1.807) is 0 Å². The first-order valence-electron chi connectivity index (χ1n) is 8.36. The van der Waals surface area contributed by atoms with Gasteiger partial charge in [-0.05, 0) is 36.2 Å². The Morgan fingerprint density at radius 1 is 1.19 bits per heavy atom. The van der Waals surface area contributed by atoms with Gasteiger partial charge in [-0.3, -0.25) is 4.90 Å². The minimum atomic E-state index is 0.0758. The van der Waals surface area contributed by atoms with Gasteiger partial charge in [0.05, 0.1) is 0 Å². The van der Waals surface area contributed by atoms with Gasteiger partial charge in [0.1, 0.15) is 0 Å². The maximum atomic E-state index is 6.58. The number of benzene rings is 1. The molecule has 0 spiro atoms. The molecular weight excluding hydrogens is 256 g/mol. The second-order valence-electron chi connectivity index (χ2n) is 7.87. The summed E-state index contributed by atoms with van der Waals surface area (Å²) >= 11 is 0. The van der Waals surface area contributed by atoms with Crippen LogP contribution in [0.25, 0.3) is 0 Å². The van der Waals surface area contributed by atoms with E-state index in [0.29, 0.717) is 6.04 Å². The van der Waals surface area contributed by atoms with Crippen LogP contribution >= 0.6 is 0 Å². The van der Waals surface area contributed by atoms with Crippen LogP contribution in [0.4, 0.5) is 0 Å². The van der Waals surface area contributed by atoms with Crippen molar-refractivity contribution >= 4 is 0 Å². The maximum Gasteiger partial charge on any atom is 0.0359 e. The van der Waals surface area contributed by atoms with E-state index < -0.39 is 0 Å². The summed E-state index contributed by atoms with van der Waals surface area (Å²) in [7, 11) is 0. The molecule has 21 heavy (non-hydrogen) atoms. The topological polar surface area (TPSA) is 29.3 Å². The number of hydrogen-bond acceptors (Lipinski definition) is 2. The van der Waals surface area contributed by atoms with Crippen molar-refractivity contribution in [3.63, 3.8) is 0 Å². The molecule has 2 N–H and O–H groups in total. The van der Waals surface area contributed by atoms with Gasteiger partial charge >= 0.3 is 0 Å². The number of hydrogen-bond donors (Lipinski definition) is 1. The summed E-state index contributed by atoms with van der Waals surface area (Å²) in [5, 5.41) is 0. The Bertz CT molecular complexity index is 440. The third-order valence-corrected chi connectivity index (χ3v) is 5.33. The van der Waals surface area contributed by atoms with E-state index in [-0.39, 0.29) is 11.5 Å². The zero-order chi connectivity index (χ0) is 15.6. The molecule has 1 aromatic rings. The van der Waals surface area contributed by atoms with Gasteiger partial charge in [0, 0.05) is 25.2 Å². The van der Waals surface area contributed by atoms with E-state index in [2.05, 4.69) is 69.9 Å². The minimum absolute atomic E-state index is 0.0758. The minimum Gasteiger partial charge on any atom is -0.323 e. The highest BCUT2D eigenvalue weighted by Crippen LogP contribution is 2.35. The summed E-state index contributed by atoms with van der Waals surface area (Å²) in [6.45, 7) is 14.0. The van der Waals surface area contributed by atoms with Crippen molar-refractivity contribution in [3.8, 4) is 0 Å². The molecule has 0 aliphatic carbocycles. The SMILES string of the molecule is CC1CC(C)C(C)N(CC(C)(C)C(N)c2ccccc2)C1. The molecule has 118 valence electrons. The fourth-order valence-electron chi connectivity index (χ4n) is 3.77. The van der Waals surface area contributed by atoms with Crippen molar-refractivity contribution in [2.45, 2.75) is 53.1 Å². The van der Waals surface area contributed by atoms with Crippen molar-refractivity contribution in [3.05, 3.63) is 35.9 Å². The smallest absolute Gasteiger partial charge is 0.0359 e. The van der Waals surface area contributed by atoms with E-state index in [9.17, 15) is 0 Å². The molecule has 0 radical (unpaired) electrons. The molecule has 1 heterocycles. The van der Waals surface area contributed by atoms with Crippen LogP contribution in [0.2, 0.25) is 0 Å². The van der Waals surface area contributed by atoms with Crippen LogP contribution in [-0.2, 0) is 0 Å². The normalized spacial score (nSPS) is 29.3. The summed E-state index contributed by atoms with van der Waals surface area (Å²) in [4.78, 5) is 2.65. The fourth-order valence-corrected chi connectivity index (χ4v) is 3.77. The summed E-state index contributed by atoms with van der Waals surface area (Å²) < 4.78 is 0. The maximum absolute atomic E-state index is 6.58. The lowest BCUT2D eigenvalue weighted by atomic mass is 9.78. The van der Waals surface area contributed by atoms with E-state index in [0.717, 1.165) is 18.4 Å². The average molecular weight is 288 g/mol. The van der Waals surface area contributed by atoms with Gasteiger partial charge in [-0.1, -0.05) is 58.0 Å². The van der Waals surface area contributed by atoms with Gasteiger partial charge < -0.3 is 5.73 Å². The number of nitrogens with zero attached hydrogens (tertiary/aromatic N) is 1. The Kier molecular flexibility index (Phi) is 5.11. The van der Waals surface area contributed by atoms with Gasteiger partial charge in [0.15, 0.2) is 0 Å². The van der Waals surface area contributed by atoms with Gasteiger partial charge in [-0.25, -0.2) is 0 Å². The van der Waals surface area contributed by atoms with Crippen LogP contribution in [0.1, 0.15) is 52.6 Å². The largest absolute Gasteiger partial charge is 0.323 e. The molecule has 0 bridgehead atoms. The molecule has 4 atom stereocenters. The second kappa shape index (κ2) is 6.50. The molecule has 0 amide bonds. The van der Waals surface area contributed by atoms with E-state index >= 15 is 0 Å². The van der Waals surface area contributed by atoms with Crippen LogP contribution < -0.4 is 5.73 Å². The van der Waals surface area contributed by atoms with Crippen LogP contribution in [0, 0.1) is 17.3 Å². The molecule has 1 aliphatic heterocycles. The highest BCUT2D eigenvalue weighted by atomic mass is 15.2. The van der Waals surface area contributed by atoms with Gasteiger partial charge in [-0.15, -0.1) is 0 Å². The standard InChI is InChI=1S/C19H32N2/c1-14-11-15(2)16(3)21(12-14)13-19(4,5)18(20)17-9-7-6-8-10-17/h6-10,14-16,18H,11-13,20H2,1-5H3. The zero-order valence-corrected chi connectivity index (χ0v) is 14.3. The number of likely N-dealkylation sites (tertiary alicyclic amines) is 1. The molecule has 0 saturated carbocycles.